The van der Waals surface area contributed by atoms with Crippen molar-refractivity contribution in [2.24, 2.45) is 0 Å². The van der Waals surface area contributed by atoms with Crippen LogP contribution in [0.3, 0.4) is 0 Å². The number of ether oxygens (including phenoxy) is 1. The topological polar surface area (TPSA) is 79.9 Å². The lowest BCUT2D eigenvalue weighted by Crippen LogP contribution is -2.15. The SMILES string of the molecule is COc1cccc(CC(=O)Nc2n[nH]c(C)n2)c1. The van der Waals surface area contributed by atoms with Crippen LogP contribution >= 0.6 is 0 Å². The average Bonchev–Trinajstić information content (AvgIpc) is 2.74. The van der Waals surface area contributed by atoms with Gasteiger partial charge in [-0.05, 0) is 24.6 Å². The summed E-state index contributed by atoms with van der Waals surface area (Å²) < 4.78 is 5.10. The fourth-order valence-electron chi connectivity index (χ4n) is 1.54. The Kier molecular flexibility index (Phi) is 3.57. The van der Waals surface area contributed by atoms with Gasteiger partial charge in [-0.2, -0.15) is 4.98 Å². The molecule has 18 heavy (non-hydrogen) atoms. The van der Waals surface area contributed by atoms with E-state index in [2.05, 4.69) is 20.5 Å². The third-order valence-corrected chi connectivity index (χ3v) is 2.35. The van der Waals surface area contributed by atoms with E-state index < -0.39 is 0 Å². The molecule has 0 aliphatic heterocycles. The summed E-state index contributed by atoms with van der Waals surface area (Å²) in [5.41, 5.74) is 0.874. The van der Waals surface area contributed by atoms with Crippen LogP contribution in [0.25, 0.3) is 0 Å². The van der Waals surface area contributed by atoms with Crippen LogP contribution in [-0.2, 0) is 11.2 Å². The summed E-state index contributed by atoms with van der Waals surface area (Å²) in [6, 6.07) is 7.37. The molecule has 1 aromatic heterocycles. The molecule has 0 spiro atoms. The number of carbonyl (C=O) groups is 1. The zero-order chi connectivity index (χ0) is 13.0. The Balaban J connectivity index is 1.98. The number of carbonyl (C=O) groups excluding carboxylic acids is 1. The van der Waals surface area contributed by atoms with Crippen LogP contribution < -0.4 is 10.1 Å². The molecule has 0 saturated carbocycles. The Morgan fingerprint density at radius 3 is 3.00 bits per heavy atom. The fraction of sp³-hybridized carbons (Fsp3) is 0.250. The van der Waals surface area contributed by atoms with Crippen molar-refractivity contribution < 1.29 is 9.53 Å². The number of methoxy groups -OCH3 is 1. The van der Waals surface area contributed by atoms with Gasteiger partial charge in [-0.15, -0.1) is 5.10 Å². The number of hydrogen-bond acceptors (Lipinski definition) is 4. The van der Waals surface area contributed by atoms with Gasteiger partial charge in [0.05, 0.1) is 13.5 Å². The summed E-state index contributed by atoms with van der Waals surface area (Å²) in [7, 11) is 1.59. The number of amides is 1. The lowest BCUT2D eigenvalue weighted by atomic mass is 10.1. The molecule has 94 valence electrons. The largest absolute Gasteiger partial charge is 0.497 e. The van der Waals surface area contributed by atoms with E-state index in [1.165, 1.54) is 0 Å². The smallest absolute Gasteiger partial charge is 0.248 e. The van der Waals surface area contributed by atoms with Gasteiger partial charge in [-0.25, -0.2) is 0 Å². The molecule has 0 bridgehead atoms. The van der Waals surface area contributed by atoms with Gasteiger partial charge in [0.1, 0.15) is 11.6 Å². The molecule has 2 N–H and O–H groups in total. The predicted molar refractivity (Wildman–Crippen MR) is 66.4 cm³/mol. The molecule has 1 aromatic carbocycles. The van der Waals surface area contributed by atoms with E-state index in [9.17, 15) is 4.79 Å². The third-order valence-electron chi connectivity index (χ3n) is 2.35. The van der Waals surface area contributed by atoms with Gasteiger partial charge in [-0.1, -0.05) is 12.1 Å². The molecule has 0 saturated heterocycles. The standard InChI is InChI=1S/C12H14N4O2/c1-8-13-12(16-15-8)14-11(17)7-9-4-3-5-10(6-9)18-2/h3-6H,7H2,1-2H3,(H2,13,14,15,16,17). The number of rotatable bonds is 4. The van der Waals surface area contributed by atoms with Gasteiger partial charge in [-0.3, -0.25) is 15.2 Å². The van der Waals surface area contributed by atoms with Crippen molar-refractivity contribution in [1.29, 1.82) is 0 Å². The second kappa shape index (κ2) is 5.31. The maximum Gasteiger partial charge on any atom is 0.248 e. The molecule has 0 radical (unpaired) electrons. The summed E-state index contributed by atoms with van der Waals surface area (Å²) in [6.45, 7) is 1.77. The highest BCUT2D eigenvalue weighted by Crippen LogP contribution is 2.13. The highest BCUT2D eigenvalue weighted by atomic mass is 16.5. The van der Waals surface area contributed by atoms with E-state index in [1.54, 1.807) is 14.0 Å². The highest BCUT2D eigenvalue weighted by Gasteiger charge is 2.07. The summed E-state index contributed by atoms with van der Waals surface area (Å²) in [6.07, 6.45) is 0.255. The van der Waals surface area contributed by atoms with Crippen molar-refractivity contribution >= 4 is 11.9 Å². The second-order valence-corrected chi connectivity index (χ2v) is 3.82. The molecule has 1 heterocycles. The fourth-order valence-corrected chi connectivity index (χ4v) is 1.54. The Morgan fingerprint density at radius 1 is 1.50 bits per heavy atom. The number of nitrogens with zero attached hydrogens (tertiary/aromatic N) is 2. The predicted octanol–water partition coefficient (Wildman–Crippen LogP) is 1.30. The molecule has 6 heteroatoms. The number of benzene rings is 1. The number of aromatic nitrogens is 3. The Labute approximate surface area is 104 Å². The van der Waals surface area contributed by atoms with Crippen molar-refractivity contribution in [3.8, 4) is 5.75 Å². The van der Waals surface area contributed by atoms with Crippen LogP contribution in [0.1, 0.15) is 11.4 Å². The zero-order valence-electron chi connectivity index (χ0n) is 10.2. The van der Waals surface area contributed by atoms with E-state index in [0.717, 1.165) is 11.3 Å². The number of anilines is 1. The molecule has 0 unspecified atom stereocenters. The molecule has 2 aromatic rings. The minimum Gasteiger partial charge on any atom is -0.497 e. The molecule has 0 fully saturated rings. The molecule has 0 aliphatic rings. The normalized spacial score (nSPS) is 10.1. The first-order valence-electron chi connectivity index (χ1n) is 5.49. The zero-order valence-corrected chi connectivity index (χ0v) is 10.2. The molecule has 2 rings (SSSR count). The van der Waals surface area contributed by atoms with Crippen LogP contribution in [0.15, 0.2) is 24.3 Å². The number of aryl methyl sites for hydroxylation is 1. The maximum atomic E-state index is 11.7. The van der Waals surface area contributed by atoms with Crippen molar-refractivity contribution in [1.82, 2.24) is 15.2 Å². The Morgan fingerprint density at radius 2 is 2.33 bits per heavy atom. The summed E-state index contributed by atoms with van der Waals surface area (Å²) >= 11 is 0. The molecule has 1 amide bonds. The monoisotopic (exact) mass is 246 g/mol. The van der Waals surface area contributed by atoms with E-state index in [0.29, 0.717) is 11.8 Å². The highest BCUT2D eigenvalue weighted by molar-refractivity contribution is 5.90. The number of hydrogen-bond donors (Lipinski definition) is 2. The van der Waals surface area contributed by atoms with Crippen molar-refractivity contribution in [2.45, 2.75) is 13.3 Å². The van der Waals surface area contributed by atoms with Crippen LogP contribution in [0.5, 0.6) is 5.75 Å². The molecule has 0 aliphatic carbocycles. The average molecular weight is 246 g/mol. The summed E-state index contributed by atoms with van der Waals surface area (Å²) in [5, 5.41) is 9.11. The van der Waals surface area contributed by atoms with Crippen LogP contribution in [0, 0.1) is 6.92 Å². The quantitative estimate of drug-likeness (QED) is 0.852. The van der Waals surface area contributed by atoms with Crippen LogP contribution in [0.4, 0.5) is 5.95 Å². The van der Waals surface area contributed by atoms with Crippen molar-refractivity contribution in [2.75, 3.05) is 12.4 Å². The first-order chi connectivity index (χ1) is 8.67. The van der Waals surface area contributed by atoms with Crippen molar-refractivity contribution in [3.05, 3.63) is 35.7 Å². The van der Waals surface area contributed by atoms with E-state index in [-0.39, 0.29) is 12.3 Å². The van der Waals surface area contributed by atoms with Gasteiger partial charge in [0.2, 0.25) is 11.9 Å². The Bertz CT molecular complexity index is 551. The number of H-pyrrole nitrogens is 1. The molecule has 0 atom stereocenters. The first-order valence-corrected chi connectivity index (χ1v) is 5.49. The molecular weight excluding hydrogens is 232 g/mol. The Hall–Kier alpha value is -2.37. The lowest BCUT2D eigenvalue weighted by molar-refractivity contribution is -0.115. The van der Waals surface area contributed by atoms with Gasteiger partial charge < -0.3 is 4.74 Å². The van der Waals surface area contributed by atoms with E-state index >= 15 is 0 Å². The van der Waals surface area contributed by atoms with Gasteiger partial charge in [0, 0.05) is 0 Å². The summed E-state index contributed by atoms with van der Waals surface area (Å²) in [5.74, 6) is 1.52. The van der Waals surface area contributed by atoms with Crippen LogP contribution in [0.2, 0.25) is 0 Å². The van der Waals surface area contributed by atoms with Gasteiger partial charge in [0.25, 0.3) is 0 Å². The van der Waals surface area contributed by atoms with Crippen LogP contribution in [-0.4, -0.2) is 28.2 Å². The number of aromatic amines is 1. The minimum atomic E-state index is -0.165. The molecule has 6 nitrogen and oxygen atoms in total. The summed E-state index contributed by atoms with van der Waals surface area (Å²) in [4.78, 5) is 15.7. The van der Waals surface area contributed by atoms with Gasteiger partial charge in [0.15, 0.2) is 0 Å². The lowest BCUT2D eigenvalue weighted by Gasteiger charge is -2.04. The van der Waals surface area contributed by atoms with Gasteiger partial charge >= 0.3 is 0 Å². The van der Waals surface area contributed by atoms with E-state index in [4.69, 9.17) is 4.74 Å². The minimum absolute atomic E-state index is 0.165. The maximum absolute atomic E-state index is 11.7. The second-order valence-electron chi connectivity index (χ2n) is 3.82. The van der Waals surface area contributed by atoms with E-state index in [1.807, 2.05) is 24.3 Å². The van der Waals surface area contributed by atoms with Crippen molar-refractivity contribution in [3.63, 3.8) is 0 Å². The number of nitrogens with one attached hydrogen (secondary N) is 2. The first kappa shape index (κ1) is 12.1. The third kappa shape index (κ3) is 3.07. The molecular formula is C12H14N4O2.